The van der Waals surface area contributed by atoms with E-state index >= 15 is 0 Å². The van der Waals surface area contributed by atoms with Crippen molar-refractivity contribution in [2.75, 3.05) is 6.54 Å². The molecule has 0 aliphatic carbocycles. The number of benzene rings is 1. The molecule has 1 aromatic rings. The van der Waals surface area contributed by atoms with Crippen LogP contribution < -0.4 is 10.6 Å². The highest BCUT2D eigenvalue weighted by Gasteiger charge is 2.11. The minimum absolute atomic E-state index is 0. The van der Waals surface area contributed by atoms with Gasteiger partial charge in [-0.25, -0.2) is 4.99 Å². The van der Waals surface area contributed by atoms with Gasteiger partial charge in [0.1, 0.15) is 0 Å². The van der Waals surface area contributed by atoms with Crippen molar-refractivity contribution in [2.24, 2.45) is 4.99 Å². The molecule has 0 radical (unpaired) electrons. The average molecular weight is 396 g/mol. The van der Waals surface area contributed by atoms with Crippen molar-refractivity contribution in [1.82, 2.24) is 10.6 Å². The Bertz CT molecular complexity index is 413. The first-order valence-corrected chi connectivity index (χ1v) is 6.60. The van der Waals surface area contributed by atoms with Gasteiger partial charge in [0.05, 0.1) is 6.54 Å². The second-order valence-corrected chi connectivity index (χ2v) is 5.57. The van der Waals surface area contributed by atoms with Crippen molar-refractivity contribution >= 4 is 41.5 Å². The van der Waals surface area contributed by atoms with E-state index in [1.807, 2.05) is 24.3 Å². The molecule has 0 unspecified atom stereocenters. The molecular weight excluding hydrogens is 373 g/mol. The molecule has 2 N–H and O–H groups in total. The van der Waals surface area contributed by atoms with E-state index in [9.17, 15) is 0 Å². The van der Waals surface area contributed by atoms with Crippen molar-refractivity contribution in [3.05, 3.63) is 34.9 Å². The third-order valence-electron chi connectivity index (χ3n) is 2.20. The van der Waals surface area contributed by atoms with Gasteiger partial charge in [0.2, 0.25) is 0 Å². The molecule has 1 rings (SSSR count). The lowest BCUT2D eigenvalue weighted by Crippen LogP contribution is -2.47. The summed E-state index contributed by atoms with van der Waals surface area (Å²) in [6.45, 7) is 9.78. The third kappa shape index (κ3) is 7.62. The Hall–Kier alpha value is -0.490. The lowest BCUT2D eigenvalue weighted by atomic mass is 10.1. The molecule has 0 saturated carbocycles. The monoisotopic (exact) mass is 395 g/mol. The molecule has 5 heteroatoms. The Labute approximate surface area is 138 Å². The molecule has 0 bridgehead atoms. The van der Waals surface area contributed by atoms with E-state index in [1.165, 1.54) is 0 Å². The van der Waals surface area contributed by atoms with Crippen molar-refractivity contribution in [3.63, 3.8) is 0 Å². The predicted molar refractivity (Wildman–Crippen MR) is 94.6 cm³/mol. The second kappa shape index (κ2) is 8.64. The number of hydrogen-bond donors (Lipinski definition) is 2. The van der Waals surface area contributed by atoms with Crippen LogP contribution in [0.25, 0.3) is 0 Å². The van der Waals surface area contributed by atoms with E-state index in [4.69, 9.17) is 11.6 Å². The number of halogens is 2. The zero-order valence-corrected chi connectivity index (χ0v) is 15.0. The van der Waals surface area contributed by atoms with Crippen LogP contribution in [0.4, 0.5) is 0 Å². The number of nitrogens with one attached hydrogen (secondary N) is 2. The summed E-state index contributed by atoms with van der Waals surface area (Å²) in [6, 6.07) is 7.78. The fourth-order valence-corrected chi connectivity index (χ4v) is 1.65. The molecule has 0 aliphatic heterocycles. The Morgan fingerprint density at radius 3 is 2.42 bits per heavy atom. The quantitative estimate of drug-likeness (QED) is 0.464. The summed E-state index contributed by atoms with van der Waals surface area (Å²) in [6.07, 6.45) is 0. The van der Waals surface area contributed by atoms with Gasteiger partial charge in [-0.3, -0.25) is 0 Å². The van der Waals surface area contributed by atoms with Crippen LogP contribution in [0.5, 0.6) is 0 Å². The van der Waals surface area contributed by atoms with E-state index in [0.29, 0.717) is 6.54 Å². The van der Waals surface area contributed by atoms with E-state index in [0.717, 1.165) is 23.1 Å². The number of nitrogens with zero attached hydrogens (tertiary/aromatic N) is 1. The van der Waals surface area contributed by atoms with Gasteiger partial charge in [0, 0.05) is 17.1 Å². The van der Waals surface area contributed by atoms with Crippen LogP contribution in [-0.2, 0) is 6.54 Å². The van der Waals surface area contributed by atoms with Crippen LogP contribution in [0.1, 0.15) is 33.3 Å². The minimum Gasteiger partial charge on any atom is -0.357 e. The fourth-order valence-electron chi connectivity index (χ4n) is 1.45. The van der Waals surface area contributed by atoms with Gasteiger partial charge in [-0.15, -0.1) is 24.0 Å². The van der Waals surface area contributed by atoms with Gasteiger partial charge in [-0.2, -0.15) is 0 Å². The number of guanidine groups is 1. The van der Waals surface area contributed by atoms with Crippen molar-refractivity contribution < 1.29 is 0 Å². The molecule has 0 aromatic heterocycles. The Morgan fingerprint density at radius 1 is 1.26 bits per heavy atom. The summed E-state index contributed by atoms with van der Waals surface area (Å²) in [5, 5.41) is 7.32. The average Bonchev–Trinajstić information content (AvgIpc) is 2.26. The summed E-state index contributed by atoms with van der Waals surface area (Å²) in [7, 11) is 0. The zero-order valence-electron chi connectivity index (χ0n) is 12.0. The van der Waals surface area contributed by atoms with Crippen LogP contribution in [0, 0.1) is 0 Å². The lowest BCUT2D eigenvalue weighted by molar-refractivity contribution is 0.501. The van der Waals surface area contributed by atoms with Gasteiger partial charge in [0.25, 0.3) is 0 Å². The molecule has 3 nitrogen and oxygen atoms in total. The second-order valence-electron chi connectivity index (χ2n) is 5.16. The van der Waals surface area contributed by atoms with E-state index in [-0.39, 0.29) is 29.5 Å². The van der Waals surface area contributed by atoms with Crippen LogP contribution in [-0.4, -0.2) is 18.0 Å². The zero-order chi connectivity index (χ0) is 13.6. The number of aliphatic imine (C=N–C) groups is 1. The van der Waals surface area contributed by atoms with Crippen molar-refractivity contribution in [2.45, 2.75) is 39.8 Å². The van der Waals surface area contributed by atoms with E-state index in [1.54, 1.807) is 0 Å². The molecule has 1 aromatic carbocycles. The van der Waals surface area contributed by atoms with Gasteiger partial charge >= 0.3 is 0 Å². The van der Waals surface area contributed by atoms with Gasteiger partial charge < -0.3 is 10.6 Å². The topological polar surface area (TPSA) is 36.4 Å². The molecule has 0 heterocycles. The van der Waals surface area contributed by atoms with Gasteiger partial charge in [-0.05, 0) is 39.3 Å². The third-order valence-corrected chi connectivity index (χ3v) is 2.57. The van der Waals surface area contributed by atoms with Crippen molar-refractivity contribution in [1.29, 1.82) is 0 Å². The maximum absolute atomic E-state index is 6.11. The first-order chi connectivity index (χ1) is 8.42. The lowest BCUT2D eigenvalue weighted by Gasteiger charge is -2.23. The molecule has 0 aliphatic rings. The summed E-state index contributed by atoms with van der Waals surface area (Å²) >= 11 is 6.11. The molecular formula is C14H23ClIN3. The SMILES string of the molecule is CCNC(=NCc1ccccc1Cl)NC(C)(C)C.I. The standard InChI is InChI=1S/C14H22ClN3.HI/c1-5-16-13(18-14(2,3)4)17-10-11-8-6-7-9-12(11)15;/h6-9H,5,10H2,1-4H3,(H2,16,17,18);1H. The summed E-state index contributed by atoms with van der Waals surface area (Å²) in [4.78, 5) is 4.54. The molecule has 0 fully saturated rings. The van der Waals surface area contributed by atoms with Crippen LogP contribution >= 0.6 is 35.6 Å². The highest BCUT2D eigenvalue weighted by Crippen LogP contribution is 2.15. The highest BCUT2D eigenvalue weighted by molar-refractivity contribution is 14.0. The molecule has 0 saturated heterocycles. The molecule has 108 valence electrons. The normalized spacial score (nSPS) is 11.7. The molecule has 0 atom stereocenters. The molecule has 0 amide bonds. The fraction of sp³-hybridized carbons (Fsp3) is 0.500. The molecule has 0 spiro atoms. The van der Waals surface area contributed by atoms with Gasteiger partial charge in [0.15, 0.2) is 5.96 Å². The Balaban J connectivity index is 0.00000324. The smallest absolute Gasteiger partial charge is 0.191 e. The van der Waals surface area contributed by atoms with Crippen molar-refractivity contribution in [3.8, 4) is 0 Å². The highest BCUT2D eigenvalue weighted by atomic mass is 127. The number of rotatable bonds is 3. The Kier molecular flexibility index (Phi) is 8.41. The first-order valence-electron chi connectivity index (χ1n) is 6.22. The first kappa shape index (κ1) is 18.5. The van der Waals surface area contributed by atoms with Crippen LogP contribution in [0.3, 0.4) is 0 Å². The largest absolute Gasteiger partial charge is 0.357 e. The molecule has 19 heavy (non-hydrogen) atoms. The maximum atomic E-state index is 6.11. The van der Waals surface area contributed by atoms with E-state index < -0.39 is 0 Å². The van der Waals surface area contributed by atoms with Crippen LogP contribution in [0.15, 0.2) is 29.3 Å². The Morgan fingerprint density at radius 2 is 1.89 bits per heavy atom. The van der Waals surface area contributed by atoms with Gasteiger partial charge in [-0.1, -0.05) is 29.8 Å². The number of hydrogen-bond acceptors (Lipinski definition) is 1. The summed E-state index contributed by atoms with van der Waals surface area (Å²) in [5.74, 6) is 0.810. The maximum Gasteiger partial charge on any atom is 0.191 e. The predicted octanol–water partition coefficient (Wildman–Crippen LogP) is 3.81. The van der Waals surface area contributed by atoms with E-state index in [2.05, 4.69) is 43.3 Å². The summed E-state index contributed by atoms with van der Waals surface area (Å²) in [5.41, 5.74) is 1.02. The van der Waals surface area contributed by atoms with Crippen LogP contribution in [0.2, 0.25) is 5.02 Å². The summed E-state index contributed by atoms with van der Waals surface area (Å²) < 4.78 is 0. The minimum atomic E-state index is -0.0124.